The molecule has 0 N–H and O–H groups in total. The zero-order valence-electron chi connectivity index (χ0n) is 18.2. The van der Waals surface area contributed by atoms with E-state index in [9.17, 15) is 9.59 Å². The van der Waals surface area contributed by atoms with E-state index in [-0.39, 0.29) is 17.7 Å². The number of nitrogens with zero attached hydrogens (tertiary/aromatic N) is 3. The first-order valence-electron chi connectivity index (χ1n) is 11.2. The van der Waals surface area contributed by atoms with E-state index in [1.165, 1.54) is 5.56 Å². The van der Waals surface area contributed by atoms with Gasteiger partial charge in [-0.15, -0.1) is 0 Å². The molecular formula is C25H31N3O3. The van der Waals surface area contributed by atoms with Gasteiger partial charge in [0.1, 0.15) is 5.75 Å². The van der Waals surface area contributed by atoms with E-state index in [0.717, 1.165) is 37.4 Å². The number of rotatable bonds is 5. The minimum atomic E-state index is -0.149. The molecule has 0 radical (unpaired) electrons. The average Bonchev–Trinajstić information content (AvgIpc) is 2.97. The van der Waals surface area contributed by atoms with E-state index in [2.05, 4.69) is 18.0 Å². The molecule has 2 aliphatic heterocycles. The summed E-state index contributed by atoms with van der Waals surface area (Å²) < 4.78 is 5.67. The van der Waals surface area contributed by atoms with E-state index >= 15 is 0 Å². The van der Waals surface area contributed by atoms with Crippen LogP contribution in [-0.2, 0) is 16.1 Å². The number of amides is 2. The first-order valence-corrected chi connectivity index (χ1v) is 11.2. The summed E-state index contributed by atoms with van der Waals surface area (Å²) in [5.41, 5.74) is 2.19. The van der Waals surface area contributed by atoms with Gasteiger partial charge in [-0.1, -0.05) is 36.4 Å². The molecule has 0 aromatic heterocycles. The fraction of sp³-hybridized carbons (Fsp3) is 0.440. The fourth-order valence-electron chi connectivity index (χ4n) is 4.45. The van der Waals surface area contributed by atoms with Gasteiger partial charge in [-0.25, -0.2) is 0 Å². The number of para-hydroxylation sites is 2. The molecular weight excluding hydrogens is 390 g/mol. The highest BCUT2D eigenvalue weighted by molar-refractivity contribution is 5.96. The highest BCUT2D eigenvalue weighted by Gasteiger charge is 2.33. The molecule has 2 heterocycles. The molecule has 2 aromatic carbocycles. The van der Waals surface area contributed by atoms with Crippen LogP contribution in [0.25, 0.3) is 0 Å². The number of hydrogen-bond donors (Lipinski definition) is 0. The molecule has 6 heteroatoms. The lowest BCUT2D eigenvalue weighted by atomic mass is 9.95. The summed E-state index contributed by atoms with van der Waals surface area (Å²) >= 11 is 0. The van der Waals surface area contributed by atoms with E-state index in [4.69, 9.17) is 4.74 Å². The van der Waals surface area contributed by atoms with Crippen LogP contribution >= 0.6 is 0 Å². The van der Waals surface area contributed by atoms with Gasteiger partial charge in [0.25, 0.3) is 0 Å². The third kappa shape index (κ3) is 5.25. The third-order valence-electron chi connectivity index (χ3n) is 6.15. The van der Waals surface area contributed by atoms with Gasteiger partial charge in [-0.2, -0.15) is 0 Å². The Morgan fingerprint density at radius 2 is 1.77 bits per heavy atom. The molecule has 4 rings (SSSR count). The van der Waals surface area contributed by atoms with Crippen LogP contribution in [0, 0.1) is 5.92 Å². The molecule has 1 unspecified atom stereocenters. The second kappa shape index (κ2) is 9.96. The molecule has 1 atom stereocenters. The Kier molecular flexibility index (Phi) is 6.87. The Labute approximate surface area is 184 Å². The van der Waals surface area contributed by atoms with Gasteiger partial charge in [0.15, 0.2) is 0 Å². The highest BCUT2D eigenvalue weighted by Crippen LogP contribution is 2.28. The molecule has 0 bridgehead atoms. The molecule has 31 heavy (non-hydrogen) atoms. The van der Waals surface area contributed by atoms with Crippen molar-refractivity contribution in [3.8, 4) is 5.75 Å². The monoisotopic (exact) mass is 421 g/mol. The molecule has 164 valence electrons. The van der Waals surface area contributed by atoms with Crippen molar-refractivity contribution in [2.45, 2.75) is 25.8 Å². The lowest BCUT2D eigenvalue weighted by Gasteiger charge is -2.35. The number of ether oxygens (including phenoxy) is 1. The fourth-order valence-corrected chi connectivity index (χ4v) is 4.45. The van der Waals surface area contributed by atoms with Crippen molar-refractivity contribution in [3.05, 3.63) is 60.2 Å². The summed E-state index contributed by atoms with van der Waals surface area (Å²) in [6.07, 6.45) is 2.02. The number of carbonyl (C=O) groups is 2. The van der Waals surface area contributed by atoms with Crippen molar-refractivity contribution in [2.75, 3.05) is 44.7 Å². The minimum Gasteiger partial charge on any atom is -0.493 e. The van der Waals surface area contributed by atoms with E-state index in [1.807, 2.05) is 58.3 Å². The average molecular weight is 422 g/mol. The van der Waals surface area contributed by atoms with Crippen molar-refractivity contribution in [3.63, 3.8) is 0 Å². The summed E-state index contributed by atoms with van der Waals surface area (Å²) in [4.78, 5) is 32.3. The molecule has 6 nitrogen and oxygen atoms in total. The Hall–Kier alpha value is -2.86. The predicted molar refractivity (Wildman–Crippen MR) is 121 cm³/mol. The minimum absolute atomic E-state index is 0.0597. The van der Waals surface area contributed by atoms with E-state index in [0.29, 0.717) is 32.7 Å². The zero-order valence-corrected chi connectivity index (χ0v) is 18.2. The van der Waals surface area contributed by atoms with Crippen LogP contribution in [0.2, 0.25) is 0 Å². The normalized spacial score (nSPS) is 19.5. The molecule has 1 fully saturated rings. The number of carbonyl (C=O) groups excluding carboxylic acids is 2. The molecule has 1 saturated heterocycles. The molecule has 2 aromatic rings. The smallest absolute Gasteiger partial charge is 0.231 e. The number of anilines is 1. The van der Waals surface area contributed by atoms with Crippen molar-refractivity contribution < 1.29 is 14.3 Å². The van der Waals surface area contributed by atoms with Crippen molar-refractivity contribution in [1.82, 2.24) is 9.80 Å². The van der Waals surface area contributed by atoms with Crippen LogP contribution in [0.5, 0.6) is 5.75 Å². The third-order valence-corrected chi connectivity index (χ3v) is 6.15. The first kappa shape index (κ1) is 21.4. The molecule has 2 aliphatic rings. The van der Waals surface area contributed by atoms with Gasteiger partial charge in [-0.05, 0) is 43.7 Å². The number of benzene rings is 2. The van der Waals surface area contributed by atoms with Gasteiger partial charge < -0.3 is 19.4 Å². The van der Waals surface area contributed by atoms with Gasteiger partial charge in [0, 0.05) is 38.4 Å². The highest BCUT2D eigenvalue weighted by atomic mass is 16.5. The largest absolute Gasteiger partial charge is 0.493 e. The standard InChI is InChI=1S/C25H31N3O3/c1-26-15-16-28(23-12-6-5-8-20(23)18-26)25(30)21-9-7-14-27(19-21)24(29)13-17-31-22-10-3-2-4-11-22/h2-6,8,10-12,21H,7,9,13-19H2,1H3. The van der Waals surface area contributed by atoms with Gasteiger partial charge in [0.05, 0.1) is 18.9 Å². The Morgan fingerprint density at radius 1 is 1.00 bits per heavy atom. The second-order valence-corrected chi connectivity index (χ2v) is 8.45. The number of likely N-dealkylation sites (N-methyl/N-ethyl adjacent to an activating group) is 1. The summed E-state index contributed by atoms with van der Waals surface area (Å²) in [5, 5.41) is 0. The molecule has 0 spiro atoms. The van der Waals surface area contributed by atoms with Gasteiger partial charge in [-0.3, -0.25) is 9.59 Å². The summed E-state index contributed by atoms with van der Waals surface area (Å²) in [7, 11) is 2.09. The molecule has 0 aliphatic carbocycles. The van der Waals surface area contributed by atoms with Crippen LogP contribution in [0.1, 0.15) is 24.8 Å². The number of hydrogen-bond acceptors (Lipinski definition) is 4. The maximum Gasteiger partial charge on any atom is 0.231 e. The van der Waals surface area contributed by atoms with Crippen LogP contribution in [0.3, 0.4) is 0 Å². The lowest BCUT2D eigenvalue weighted by Crippen LogP contribution is -2.48. The molecule has 0 saturated carbocycles. The quantitative estimate of drug-likeness (QED) is 0.744. The molecule has 2 amide bonds. The Balaban J connectivity index is 1.36. The number of piperidine rings is 1. The lowest BCUT2D eigenvalue weighted by molar-refractivity contribution is -0.135. The Morgan fingerprint density at radius 3 is 2.61 bits per heavy atom. The van der Waals surface area contributed by atoms with E-state index in [1.54, 1.807) is 0 Å². The van der Waals surface area contributed by atoms with Crippen LogP contribution in [0.15, 0.2) is 54.6 Å². The maximum atomic E-state index is 13.5. The predicted octanol–water partition coefficient (Wildman–Crippen LogP) is 3.17. The maximum absolute atomic E-state index is 13.5. The first-order chi connectivity index (χ1) is 15.1. The summed E-state index contributed by atoms with van der Waals surface area (Å²) in [5.74, 6) is 0.821. The van der Waals surface area contributed by atoms with Gasteiger partial charge >= 0.3 is 0 Å². The van der Waals surface area contributed by atoms with E-state index < -0.39 is 0 Å². The SMILES string of the molecule is CN1CCN(C(=O)C2CCCN(C(=O)CCOc3ccccc3)C2)c2ccccc2C1. The Bertz CT molecular complexity index is 902. The summed E-state index contributed by atoms with van der Waals surface area (Å²) in [6.45, 7) is 3.93. The second-order valence-electron chi connectivity index (χ2n) is 8.45. The van der Waals surface area contributed by atoms with Crippen molar-refractivity contribution >= 4 is 17.5 Å². The number of likely N-dealkylation sites (tertiary alicyclic amines) is 1. The van der Waals surface area contributed by atoms with Crippen LogP contribution in [0.4, 0.5) is 5.69 Å². The summed E-state index contributed by atoms with van der Waals surface area (Å²) in [6, 6.07) is 17.7. The van der Waals surface area contributed by atoms with Crippen LogP contribution < -0.4 is 9.64 Å². The van der Waals surface area contributed by atoms with Crippen molar-refractivity contribution in [1.29, 1.82) is 0 Å². The van der Waals surface area contributed by atoms with Crippen LogP contribution in [-0.4, -0.2) is 61.4 Å². The topological polar surface area (TPSA) is 53.1 Å². The van der Waals surface area contributed by atoms with Crippen molar-refractivity contribution in [2.24, 2.45) is 5.92 Å². The zero-order chi connectivity index (χ0) is 21.6. The number of fused-ring (bicyclic) bond motifs is 1. The van der Waals surface area contributed by atoms with Gasteiger partial charge in [0.2, 0.25) is 11.8 Å².